The molecule has 1 heterocycles. The predicted molar refractivity (Wildman–Crippen MR) is 99.3 cm³/mol. The number of nitrogens with one attached hydrogen (secondary N) is 1. The third-order valence-corrected chi connectivity index (χ3v) is 4.92. The molecule has 0 bridgehead atoms. The Bertz CT molecular complexity index is 763. The van der Waals surface area contributed by atoms with Gasteiger partial charge in [-0.05, 0) is 43.4 Å². The Morgan fingerprint density at radius 2 is 1.77 bits per heavy atom. The number of Topliss-reactive ketones (excluding diaryl/α,β-unsaturated/α-hetero) is 1. The summed E-state index contributed by atoms with van der Waals surface area (Å²) in [6.07, 6.45) is 1.50. The van der Waals surface area contributed by atoms with E-state index in [4.69, 9.17) is 9.47 Å². The number of hydrogen-bond donors (Lipinski definition) is 1. The minimum Gasteiger partial charge on any atom is -0.490 e. The highest BCUT2D eigenvalue weighted by Gasteiger charge is 2.40. The molecule has 1 aliphatic carbocycles. The zero-order valence-corrected chi connectivity index (χ0v) is 16.0. The van der Waals surface area contributed by atoms with Crippen LogP contribution in [0.15, 0.2) is 29.5 Å². The lowest BCUT2D eigenvalue weighted by Crippen LogP contribution is -2.40. The van der Waals surface area contributed by atoms with Crippen LogP contribution in [0.3, 0.4) is 0 Å². The van der Waals surface area contributed by atoms with Crippen LogP contribution in [0.4, 0.5) is 0 Å². The minimum atomic E-state index is -0.225. The van der Waals surface area contributed by atoms with Gasteiger partial charge in [0.1, 0.15) is 0 Å². The summed E-state index contributed by atoms with van der Waals surface area (Å²) in [7, 11) is 0. The van der Waals surface area contributed by atoms with E-state index in [0.29, 0.717) is 37.6 Å². The smallest absolute Gasteiger partial charge is 0.225 e. The molecule has 5 nitrogen and oxygen atoms in total. The molecular weight excluding hydrogens is 330 g/mol. The van der Waals surface area contributed by atoms with Crippen molar-refractivity contribution in [2.45, 2.75) is 52.9 Å². The molecule has 1 aromatic carbocycles. The zero-order chi connectivity index (χ0) is 18.9. The normalized spacial score (nSPS) is 21.9. The monoisotopic (exact) mass is 357 g/mol. The van der Waals surface area contributed by atoms with Gasteiger partial charge in [0, 0.05) is 30.0 Å². The molecule has 0 saturated carbocycles. The molecule has 3 rings (SSSR count). The van der Waals surface area contributed by atoms with E-state index in [1.54, 1.807) is 0 Å². The lowest BCUT2D eigenvalue weighted by atomic mass is 9.70. The molecule has 1 aliphatic heterocycles. The lowest BCUT2D eigenvalue weighted by Gasteiger charge is -2.37. The number of ether oxygens (including phenoxy) is 2. The first-order chi connectivity index (χ1) is 12.3. The number of amides is 1. The highest BCUT2D eigenvalue weighted by molar-refractivity contribution is 6.02. The van der Waals surface area contributed by atoms with E-state index in [-0.39, 0.29) is 29.4 Å². The second kappa shape index (κ2) is 7.14. The molecule has 0 radical (unpaired) electrons. The first-order valence-electron chi connectivity index (χ1n) is 9.30. The van der Waals surface area contributed by atoms with E-state index in [0.717, 1.165) is 16.8 Å². The van der Waals surface area contributed by atoms with Gasteiger partial charge in [-0.15, -0.1) is 0 Å². The average molecular weight is 357 g/mol. The van der Waals surface area contributed by atoms with Crippen LogP contribution in [0.5, 0.6) is 11.5 Å². The molecule has 1 aromatic rings. The summed E-state index contributed by atoms with van der Waals surface area (Å²) in [6, 6.07) is 5.72. The number of benzene rings is 1. The van der Waals surface area contributed by atoms with Gasteiger partial charge in [0.15, 0.2) is 17.3 Å². The van der Waals surface area contributed by atoms with Gasteiger partial charge in [-0.25, -0.2) is 0 Å². The SMILES string of the molecule is CCOc1ccc(C2CC(=O)NC3=C2C(=O)CC(C)(C)C3)cc1OCC. The van der Waals surface area contributed by atoms with Crippen molar-refractivity contribution in [1.29, 1.82) is 0 Å². The van der Waals surface area contributed by atoms with Gasteiger partial charge in [0.25, 0.3) is 0 Å². The second-order valence-corrected chi connectivity index (χ2v) is 7.71. The number of carbonyl (C=O) groups excluding carboxylic acids is 2. The molecule has 1 N–H and O–H groups in total. The Hall–Kier alpha value is -2.30. The molecule has 0 spiro atoms. The summed E-state index contributed by atoms with van der Waals surface area (Å²) in [6.45, 7) is 9.05. The fourth-order valence-electron chi connectivity index (χ4n) is 3.93. The van der Waals surface area contributed by atoms with Crippen molar-refractivity contribution in [3.05, 3.63) is 35.0 Å². The molecule has 26 heavy (non-hydrogen) atoms. The fourth-order valence-corrected chi connectivity index (χ4v) is 3.93. The van der Waals surface area contributed by atoms with Crippen molar-refractivity contribution >= 4 is 11.7 Å². The molecule has 140 valence electrons. The Morgan fingerprint density at radius 1 is 1.08 bits per heavy atom. The second-order valence-electron chi connectivity index (χ2n) is 7.71. The maximum Gasteiger partial charge on any atom is 0.225 e. The summed E-state index contributed by atoms with van der Waals surface area (Å²) in [5.41, 5.74) is 2.35. The van der Waals surface area contributed by atoms with Crippen molar-refractivity contribution < 1.29 is 19.1 Å². The summed E-state index contributed by atoms with van der Waals surface area (Å²) in [4.78, 5) is 25.1. The summed E-state index contributed by atoms with van der Waals surface area (Å²) in [5.74, 6) is 1.21. The maximum absolute atomic E-state index is 12.8. The van der Waals surface area contributed by atoms with Gasteiger partial charge < -0.3 is 14.8 Å². The number of hydrogen-bond acceptors (Lipinski definition) is 4. The molecule has 1 amide bonds. The van der Waals surface area contributed by atoms with Crippen molar-refractivity contribution in [1.82, 2.24) is 5.32 Å². The van der Waals surface area contributed by atoms with Gasteiger partial charge >= 0.3 is 0 Å². The summed E-state index contributed by atoms with van der Waals surface area (Å²) >= 11 is 0. The maximum atomic E-state index is 12.8. The summed E-state index contributed by atoms with van der Waals surface area (Å²) in [5, 5.41) is 2.94. The number of rotatable bonds is 5. The first-order valence-corrected chi connectivity index (χ1v) is 9.30. The summed E-state index contributed by atoms with van der Waals surface area (Å²) < 4.78 is 11.3. The van der Waals surface area contributed by atoms with Crippen LogP contribution in [0.25, 0.3) is 0 Å². The zero-order valence-electron chi connectivity index (χ0n) is 16.0. The fraction of sp³-hybridized carbons (Fsp3) is 0.524. The number of allylic oxidation sites excluding steroid dienone is 2. The van der Waals surface area contributed by atoms with Gasteiger partial charge in [-0.1, -0.05) is 19.9 Å². The van der Waals surface area contributed by atoms with E-state index in [9.17, 15) is 9.59 Å². The van der Waals surface area contributed by atoms with E-state index >= 15 is 0 Å². The third kappa shape index (κ3) is 3.62. The van der Waals surface area contributed by atoms with Crippen molar-refractivity contribution in [2.75, 3.05) is 13.2 Å². The van der Waals surface area contributed by atoms with Gasteiger partial charge in [-0.3, -0.25) is 9.59 Å². The third-order valence-electron chi connectivity index (χ3n) is 4.92. The Balaban J connectivity index is 2.03. The molecule has 0 aromatic heterocycles. The Morgan fingerprint density at radius 3 is 2.46 bits per heavy atom. The average Bonchev–Trinajstić information content (AvgIpc) is 2.54. The largest absolute Gasteiger partial charge is 0.490 e. The van der Waals surface area contributed by atoms with Crippen LogP contribution in [0.2, 0.25) is 0 Å². The van der Waals surface area contributed by atoms with Crippen LogP contribution in [-0.4, -0.2) is 24.9 Å². The standard InChI is InChI=1S/C21H27NO4/c1-5-25-17-8-7-13(9-18(17)26-6-2)14-10-19(24)22-15-11-21(3,4)12-16(23)20(14)15/h7-9,14H,5-6,10-12H2,1-4H3,(H,22,24). The lowest BCUT2D eigenvalue weighted by molar-refractivity contribution is -0.122. The van der Waals surface area contributed by atoms with Crippen molar-refractivity contribution in [3.63, 3.8) is 0 Å². The molecule has 0 saturated heterocycles. The van der Waals surface area contributed by atoms with Crippen LogP contribution in [0, 0.1) is 5.41 Å². The Labute approximate surface area is 154 Å². The minimum absolute atomic E-state index is 0.0360. The quantitative estimate of drug-likeness (QED) is 0.872. The highest BCUT2D eigenvalue weighted by atomic mass is 16.5. The predicted octanol–water partition coefficient (Wildman–Crippen LogP) is 3.73. The molecule has 2 aliphatic rings. The topological polar surface area (TPSA) is 64.6 Å². The molecule has 1 unspecified atom stereocenters. The highest BCUT2D eigenvalue weighted by Crippen LogP contribution is 2.45. The van der Waals surface area contributed by atoms with Crippen LogP contribution >= 0.6 is 0 Å². The van der Waals surface area contributed by atoms with E-state index in [2.05, 4.69) is 19.2 Å². The molecule has 0 fully saturated rings. The van der Waals surface area contributed by atoms with Crippen molar-refractivity contribution in [3.8, 4) is 11.5 Å². The van der Waals surface area contributed by atoms with Gasteiger partial charge in [0.05, 0.1) is 13.2 Å². The van der Waals surface area contributed by atoms with Crippen LogP contribution in [-0.2, 0) is 9.59 Å². The van der Waals surface area contributed by atoms with E-state index in [1.165, 1.54) is 0 Å². The van der Waals surface area contributed by atoms with Crippen LogP contribution < -0.4 is 14.8 Å². The van der Waals surface area contributed by atoms with E-state index < -0.39 is 0 Å². The van der Waals surface area contributed by atoms with Crippen molar-refractivity contribution in [2.24, 2.45) is 5.41 Å². The molecule has 1 atom stereocenters. The number of carbonyl (C=O) groups is 2. The first kappa shape index (κ1) is 18.5. The number of ketones is 1. The Kier molecular flexibility index (Phi) is 5.08. The molecule has 5 heteroatoms. The van der Waals surface area contributed by atoms with E-state index in [1.807, 2.05) is 32.0 Å². The van der Waals surface area contributed by atoms with Crippen LogP contribution in [0.1, 0.15) is 58.4 Å². The molecular formula is C21H27NO4. The van der Waals surface area contributed by atoms with Gasteiger partial charge in [0.2, 0.25) is 5.91 Å². The van der Waals surface area contributed by atoms with Gasteiger partial charge in [-0.2, -0.15) is 0 Å².